The van der Waals surface area contributed by atoms with Crippen LogP contribution in [0.5, 0.6) is 0 Å². The van der Waals surface area contributed by atoms with Gasteiger partial charge in [0.1, 0.15) is 16.2 Å². The number of imidazole rings is 1. The normalized spacial score (nSPS) is 19.2. The van der Waals surface area contributed by atoms with E-state index in [0.717, 1.165) is 79.6 Å². The molecule has 4 heterocycles. The Labute approximate surface area is 195 Å². The van der Waals surface area contributed by atoms with Crippen LogP contribution in [0.4, 0.5) is 5.82 Å². The Morgan fingerprint density at radius 1 is 1.19 bits per heavy atom. The molecule has 0 saturated carbocycles. The average Bonchev–Trinajstić information content (AvgIpc) is 3.12. The fraction of sp³-hybridized carbons (Fsp3) is 0.435. The molecule has 2 aromatic heterocycles. The van der Waals surface area contributed by atoms with Crippen molar-refractivity contribution in [2.24, 2.45) is 0 Å². The predicted molar refractivity (Wildman–Crippen MR) is 125 cm³/mol. The van der Waals surface area contributed by atoms with E-state index in [0.29, 0.717) is 5.56 Å². The molecule has 2 aliphatic heterocycles. The Balaban J connectivity index is 1.35. The SMILES string of the molecule is COC(=O)c1ccc2nc(CN3CCN(c4cccc(Br)n4)CC3)n(CC3CCO3)c2c1. The minimum absolute atomic E-state index is 0.201. The summed E-state index contributed by atoms with van der Waals surface area (Å²) in [4.78, 5) is 26.3. The number of halogens is 1. The second-order valence-electron chi connectivity index (χ2n) is 8.20. The van der Waals surface area contributed by atoms with Crippen molar-refractivity contribution in [3.63, 3.8) is 0 Å². The number of fused-ring (bicyclic) bond motifs is 1. The molecule has 2 saturated heterocycles. The van der Waals surface area contributed by atoms with Crippen molar-refractivity contribution in [2.75, 3.05) is 44.8 Å². The molecule has 9 heteroatoms. The monoisotopic (exact) mass is 499 g/mol. The Morgan fingerprint density at radius 2 is 2.00 bits per heavy atom. The molecule has 0 spiro atoms. The molecular formula is C23H26BrN5O3. The molecule has 0 radical (unpaired) electrons. The van der Waals surface area contributed by atoms with Crippen LogP contribution in [-0.2, 0) is 22.6 Å². The lowest BCUT2D eigenvalue weighted by Crippen LogP contribution is -2.46. The van der Waals surface area contributed by atoms with Crippen LogP contribution >= 0.6 is 15.9 Å². The Kier molecular flexibility index (Phi) is 6.12. The van der Waals surface area contributed by atoms with Gasteiger partial charge < -0.3 is 18.9 Å². The molecule has 1 unspecified atom stereocenters. The smallest absolute Gasteiger partial charge is 0.337 e. The Hall–Kier alpha value is -2.49. The third kappa shape index (κ3) is 4.37. The summed E-state index contributed by atoms with van der Waals surface area (Å²) in [6.07, 6.45) is 1.25. The number of piperazine rings is 1. The lowest BCUT2D eigenvalue weighted by Gasteiger charge is -2.35. The number of rotatable bonds is 6. The van der Waals surface area contributed by atoms with E-state index in [-0.39, 0.29) is 12.1 Å². The minimum atomic E-state index is -0.335. The van der Waals surface area contributed by atoms with Crippen molar-refractivity contribution in [3.05, 3.63) is 52.4 Å². The van der Waals surface area contributed by atoms with Crippen molar-refractivity contribution in [1.29, 1.82) is 0 Å². The van der Waals surface area contributed by atoms with Crippen molar-refractivity contribution in [1.82, 2.24) is 19.4 Å². The van der Waals surface area contributed by atoms with Gasteiger partial charge in [-0.05, 0) is 52.7 Å². The number of benzene rings is 1. The van der Waals surface area contributed by atoms with E-state index in [4.69, 9.17) is 14.5 Å². The molecule has 5 rings (SSSR count). The highest BCUT2D eigenvalue weighted by atomic mass is 79.9. The van der Waals surface area contributed by atoms with Gasteiger partial charge in [-0.2, -0.15) is 0 Å². The zero-order chi connectivity index (χ0) is 22.1. The second kappa shape index (κ2) is 9.17. The summed E-state index contributed by atoms with van der Waals surface area (Å²) in [5.41, 5.74) is 2.39. The molecular weight excluding hydrogens is 474 g/mol. The Morgan fingerprint density at radius 3 is 2.69 bits per heavy atom. The van der Waals surface area contributed by atoms with Crippen LogP contribution in [-0.4, -0.2) is 71.4 Å². The molecule has 1 atom stereocenters. The number of esters is 1. The van der Waals surface area contributed by atoms with Crippen molar-refractivity contribution < 1.29 is 14.3 Å². The van der Waals surface area contributed by atoms with E-state index in [1.807, 2.05) is 24.3 Å². The van der Waals surface area contributed by atoms with Gasteiger partial charge in [-0.15, -0.1) is 0 Å². The summed E-state index contributed by atoms with van der Waals surface area (Å²) in [5.74, 6) is 1.67. The number of carbonyl (C=O) groups excluding carboxylic acids is 1. The molecule has 0 aliphatic carbocycles. The van der Waals surface area contributed by atoms with Gasteiger partial charge in [-0.3, -0.25) is 4.90 Å². The number of aromatic nitrogens is 3. The molecule has 2 aliphatic rings. The highest BCUT2D eigenvalue weighted by molar-refractivity contribution is 9.10. The first kappa shape index (κ1) is 21.4. The first-order valence-corrected chi connectivity index (χ1v) is 11.7. The summed E-state index contributed by atoms with van der Waals surface area (Å²) in [7, 11) is 1.40. The molecule has 8 nitrogen and oxygen atoms in total. The van der Waals surface area contributed by atoms with Crippen LogP contribution in [0.25, 0.3) is 11.0 Å². The molecule has 0 N–H and O–H groups in total. The van der Waals surface area contributed by atoms with Crippen LogP contribution in [0, 0.1) is 0 Å². The number of hydrogen-bond donors (Lipinski definition) is 0. The lowest BCUT2D eigenvalue weighted by molar-refractivity contribution is -0.0592. The Bertz CT molecular complexity index is 1120. The summed E-state index contributed by atoms with van der Waals surface area (Å²) < 4.78 is 13.7. The summed E-state index contributed by atoms with van der Waals surface area (Å²) in [6.45, 7) is 6.03. The van der Waals surface area contributed by atoms with E-state index in [2.05, 4.69) is 41.3 Å². The van der Waals surface area contributed by atoms with Crippen molar-refractivity contribution >= 4 is 38.8 Å². The van der Waals surface area contributed by atoms with Gasteiger partial charge in [0.05, 0.1) is 42.9 Å². The van der Waals surface area contributed by atoms with Gasteiger partial charge in [0.2, 0.25) is 0 Å². The zero-order valence-electron chi connectivity index (χ0n) is 18.0. The van der Waals surface area contributed by atoms with Crippen LogP contribution in [0.15, 0.2) is 41.0 Å². The number of methoxy groups -OCH3 is 1. The molecule has 0 bridgehead atoms. The first-order chi connectivity index (χ1) is 15.6. The summed E-state index contributed by atoms with van der Waals surface area (Å²) in [5, 5.41) is 0. The molecule has 168 valence electrons. The van der Waals surface area contributed by atoms with Gasteiger partial charge in [-0.1, -0.05) is 6.07 Å². The molecule has 32 heavy (non-hydrogen) atoms. The zero-order valence-corrected chi connectivity index (χ0v) is 19.6. The largest absolute Gasteiger partial charge is 0.465 e. The van der Waals surface area contributed by atoms with Gasteiger partial charge in [0.25, 0.3) is 0 Å². The highest BCUT2D eigenvalue weighted by Gasteiger charge is 2.25. The van der Waals surface area contributed by atoms with Crippen molar-refractivity contribution in [3.8, 4) is 0 Å². The third-order valence-corrected chi connectivity index (χ3v) is 6.63. The molecule has 2 fully saturated rings. The standard InChI is InChI=1S/C23H26BrN5O3/c1-31-23(30)16-5-6-18-19(13-16)29(14-17-7-12-32-17)22(25-18)15-27-8-10-28(11-9-27)21-4-2-3-20(24)26-21/h2-6,13,17H,7-12,14-15H2,1H3. The topological polar surface area (TPSA) is 72.7 Å². The minimum Gasteiger partial charge on any atom is -0.465 e. The van der Waals surface area contributed by atoms with E-state index >= 15 is 0 Å². The summed E-state index contributed by atoms with van der Waals surface area (Å²) >= 11 is 3.46. The predicted octanol–water partition coefficient (Wildman–Crippen LogP) is 3.09. The molecule has 0 amide bonds. The van der Waals surface area contributed by atoms with Gasteiger partial charge >= 0.3 is 5.97 Å². The number of carbonyl (C=O) groups is 1. The maximum atomic E-state index is 12.1. The summed E-state index contributed by atoms with van der Waals surface area (Å²) in [6, 6.07) is 11.6. The van der Waals surface area contributed by atoms with Crippen LogP contribution in [0.1, 0.15) is 22.6 Å². The highest BCUT2D eigenvalue weighted by Crippen LogP contribution is 2.24. The van der Waals surface area contributed by atoms with E-state index < -0.39 is 0 Å². The average molecular weight is 500 g/mol. The fourth-order valence-corrected chi connectivity index (χ4v) is 4.62. The van der Waals surface area contributed by atoms with Crippen LogP contribution in [0.2, 0.25) is 0 Å². The number of ether oxygens (including phenoxy) is 2. The van der Waals surface area contributed by atoms with Crippen molar-refractivity contribution in [2.45, 2.75) is 25.6 Å². The first-order valence-electron chi connectivity index (χ1n) is 10.9. The van der Waals surface area contributed by atoms with Crippen LogP contribution in [0.3, 0.4) is 0 Å². The molecule has 1 aromatic carbocycles. The van der Waals surface area contributed by atoms with Gasteiger partial charge in [-0.25, -0.2) is 14.8 Å². The maximum absolute atomic E-state index is 12.1. The quantitative estimate of drug-likeness (QED) is 0.381. The van der Waals surface area contributed by atoms with Crippen LogP contribution < -0.4 is 4.90 Å². The van der Waals surface area contributed by atoms with E-state index in [9.17, 15) is 4.79 Å². The van der Waals surface area contributed by atoms with Gasteiger partial charge in [0.15, 0.2) is 0 Å². The van der Waals surface area contributed by atoms with E-state index in [1.54, 1.807) is 6.07 Å². The number of nitrogens with zero attached hydrogens (tertiary/aromatic N) is 5. The number of anilines is 1. The number of pyridine rings is 1. The lowest BCUT2D eigenvalue weighted by atomic mass is 10.1. The number of hydrogen-bond acceptors (Lipinski definition) is 7. The fourth-order valence-electron chi connectivity index (χ4n) is 4.28. The maximum Gasteiger partial charge on any atom is 0.337 e. The molecule has 3 aromatic rings. The third-order valence-electron chi connectivity index (χ3n) is 6.19. The van der Waals surface area contributed by atoms with Gasteiger partial charge in [0, 0.05) is 32.8 Å². The second-order valence-corrected chi connectivity index (χ2v) is 9.01. The van der Waals surface area contributed by atoms with E-state index in [1.165, 1.54) is 7.11 Å².